The van der Waals surface area contributed by atoms with Gasteiger partial charge in [-0.25, -0.2) is 0 Å². The summed E-state index contributed by atoms with van der Waals surface area (Å²) in [6, 6.07) is 6.81. The molecule has 0 radical (unpaired) electrons. The van der Waals surface area contributed by atoms with Crippen LogP contribution in [0, 0.1) is 5.92 Å². The van der Waals surface area contributed by atoms with E-state index in [-0.39, 0.29) is 6.54 Å². The number of ether oxygens (including phenoxy) is 2. The molecule has 130 valence electrons. The molecule has 0 spiro atoms. The summed E-state index contributed by atoms with van der Waals surface area (Å²) >= 11 is 0. The average Bonchev–Trinajstić information content (AvgIpc) is 3.18. The Morgan fingerprint density at radius 3 is 2.88 bits per heavy atom. The quantitative estimate of drug-likeness (QED) is 0.757. The molecule has 0 bridgehead atoms. The first-order valence-corrected chi connectivity index (χ1v) is 8.76. The molecule has 3 aliphatic rings. The Balaban J connectivity index is 1.26. The molecule has 2 aliphatic carbocycles. The van der Waals surface area contributed by atoms with Crippen LogP contribution in [-0.2, 0) is 11.3 Å². The Labute approximate surface area is 141 Å². The summed E-state index contributed by atoms with van der Waals surface area (Å²) in [7, 11) is 0. The molecule has 1 aliphatic heterocycles. The van der Waals surface area contributed by atoms with Gasteiger partial charge in [-0.1, -0.05) is 12.1 Å². The number of hydrogen-bond donors (Lipinski definition) is 2. The molecule has 6 heteroatoms. The van der Waals surface area contributed by atoms with Gasteiger partial charge in [-0.2, -0.15) is 0 Å². The van der Waals surface area contributed by atoms with Crippen LogP contribution in [0.15, 0.2) is 18.2 Å². The highest BCUT2D eigenvalue weighted by molar-refractivity contribution is 5.69. The number of nitrogens with one attached hydrogen (secondary N) is 1. The van der Waals surface area contributed by atoms with Gasteiger partial charge < -0.3 is 19.9 Å². The number of fused-ring (bicyclic) bond motifs is 1. The van der Waals surface area contributed by atoms with E-state index >= 15 is 0 Å². The fourth-order valence-corrected chi connectivity index (χ4v) is 3.59. The SMILES string of the molecule is O=C(O)CN(CC1CC1)C1CC(NCc2cccc3c2OCO3)C1. The van der Waals surface area contributed by atoms with E-state index in [1.165, 1.54) is 12.8 Å². The van der Waals surface area contributed by atoms with Crippen molar-refractivity contribution < 1.29 is 19.4 Å². The van der Waals surface area contributed by atoms with E-state index in [0.29, 0.717) is 18.9 Å². The molecule has 6 nitrogen and oxygen atoms in total. The van der Waals surface area contributed by atoms with Crippen molar-refractivity contribution in [1.29, 1.82) is 0 Å². The molecular formula is C18H24N2O4. The van der Waals surface area contributed by atoms with Crippen LogP contribution in [0.1, 0.15) is 31.2 Å². The molecular weight excluding hydrogens is 308 g/mol. The van der Waals surface area contributed by atoms with Crippen LogP contribution >= 0.6 is 0 Å². The molecule has 24 heavy (non-hydrogen) atoms. The second-order valence-electron chi connectivity index (χ2n) is 7.12. The number of hydrogen-bond acceptors (Lipinski definition) is 5. The van der Waals surface area contributed by atoms with Gasteiger partial charge in [-0.3, -0.25) is 9.69 Å². The van der Waals surface area contributed by atoms with Crippen molar-refractivity contribution in [3.05, 3.63) is 23.8 Å². The predicted octanol–water partition coefficient (Wildman–Crippen LogP) is 1.83. The van der Waals surface area contributed by atoms with Crippen molar-refractivity contribution in [1.82, 2.24) is 10.2 Å². The van der Waals surface area contributed by atoms with Crippen LogP contribution in [0.25, 0.3) is 0 Å². The molecule has 1 heterocycles. The van der Waals surface area contributed by atoms with E-state index in [9.17, 15) is 4.79 Å². The third kappa shape index (κ3) is 3.49. The minimum atomic E-state index is -0.718. The first-order chi connectivity index (χ1) is 11.7. The van der Waals surface area contributed by atoms with Crippen molar-refractivity contribution in [3.63, 3.8) is 0 Å². The van der Waals surface area contributed by atoms with Crippen LogP contribution in [0.3, 0.4) is 0 Å². The van der Waals surface area contributed by atoms with Crippen molar-refractivity contribution in [2.45, 2.75) is 44.3 Å². The van der Waals surface area contributed by atoms with E-state index in [1.54, 1.807) is 0 Å². The predicted molar refractivity (Wildman–Crippen MR) is 88.1 cm³/mol. The van der Waals surface area contributed by atoms with Gasteiger partial charge in [0, 0.05) is 30.7 Å². The highest BCUT2D eigenvalue weighted by Crippen LogP contribution is 2.36. The van der Waals surface area contributed by atoms with Crippen molar-refractivity contribution in [3.8, 4) is 11.5 Å². The highest BCUT2D eigenvalue weighted by atomic mass is 16.7. The first-order valence-electron chi connectivity index (χ1n) is 8.76. The van der Waals surface area contributed by atoms with E-state index in [4.69, 9.17) is 14.6 Å². The van der Waals surface area contributed by atoms with E-state index in [2.05, 4.69) is 16.3 Å². The molecule has 0 amide bonds. The first kappa shape index (κ1) is 15.7. The molecule has 1 aromatic carbocycles. The summed E-state index contributed by atoms with van der Waals surface area (Å²) in [5, 5.41) is 12.7. The monoisotopic (exact) mass is 332 g/mol. The third-order valence-corrected chi connectivity index (χ3v) is 5.22. The van der Waals surface area contributed by atoms with Crippen molar-refractivity contribution in [2.75, 3.05) is 19.9 Å². The lowest BCUT2D eigenvalue weighted by atomic mass is 9.85. The van der Waals surface area contributed by atoms with E-state index in [0.717, 1.165) is 48.9 Å². The summed E-state index contributed by atoms with van der Waals surface area (Å²) in [6.45, 7) is 2.17. The summed E-state index contributed by atoms with van der Waals surface area (Å²) in [6.07, 6.45) is 4.55. The maximum atomic E-state index is 11.1. The third-order valence-electron chi connectivity index (χ3n) is 5.22. The molecule has 4 rings (SSSR count). The Hall–Kier alpha value is -1.79. The number of rotatable bonds is 8. The van der Waals surface area contributed by atoms with Gasteiger partial charge in [0.1, 0.15) is 0 Å². The lowest BCUT2D eigenvalue weighted by Crippen LogP contribution is -2.54. The highest BCUT2D eigenvalue weighted by Gasteiger charge is 2.37. The molecule has 0 unspecified atom stereocenters. The summed E-state index contributed by atoms with van der Waals surface area (Å²) in [5.74, 6) is 1.67. The van der Waals surface area contributed by atoms with Crippen LogP contribution < -0.4 is 14.8 Å². The summed E-state index contributed by atoms with van der Waals surface area (Å²) in [4.78, 5) is 13.2. The Bertz CT molecular complexity index is 611. The van der Waals surface area contributed by atoms with Crippen LogP contribution in [0.5, 0.6) is 11.5 Å². The van der Waals surface area contributed by atoms with E-state index < -0.39 is 5.97 Å². The lowest BCUT2D eigenvalue weighted by molar-refractivity contribution is -0.139. The van der Waals surface area contributed by atoms with Gasteiger partial charge in [-0.15, -0.1) is 0 Å². The number of benzene rings is 1. The molecule has 2 N–H and O–H groups in total. The van der Waals surface area contributed by atoms with Gasteiger partial charge >= 0.3 is 5.97 Å². The molecule has 2 saturated carbocycles. The topological polar surface area (TPSA) is 71.0 Å². The fraction of sp³-hybridized carbons (Fsp3) is 0.611. The maximum Gasteiger partial charge on any atom is 0.317 e. The molecule has 0 atom stereocenters. The van der Waals surface area contributed by atoms with Gasteiger partial charge in [0.05, 0.1) is 6.54 Å². The van der Waals surface area contributed by atoms with Crippen LogP contribution in [0.4, 0.5) is 0 Å². The maximum absolute atomic E-state index is 11.1. The van der Waals surface area contributed by atoms with Gasteiger partial charge in [0.15, 0.2) is 11.5 Å². The van der Waals surface area contributed by atoms with Crippen molar-refractivity contribution in [2.24, 2.45) is 5.92 Å². The van der Waals surface area contributed by atoms with Crippen molar-refractivity contribution >= 4 is 5.97 Å². The normalized spacial score (nSPS) is 24.9. The lowest BCUT2D eigenvalue weighted by Gasteiger charge is -2.43. The Morgan fingerprint density at radius 2 is 2.12 bits per heavy atom. The van der Waals surface area contributed by atoms with Crippen LogP contribution in [0.2, 0.25) is 0 Å². The molecule has 0 saturated heterocycles. The Morgan fingerprint density at radius 1 is 1.29 bits per heavy atom. The smallest absolute Gasteiger partial charge is 0.317 e. The largest absolute Gasteiger partial charge is 0.480 e. The second-order valence-corrected chi connectivity index (χ2v) is 7.12. The fourth-order valence-electron chi connectivity index (χ4n) is 3.59. The van der Waals surface area contributed by atoms with E-state index in [1.807, 2.05) is 12.1 Å². The number of nitrogens with zero attached hydrogens (tertiary/aromatic N) is 1. The summed E-state index contributed by atoms with van der Waals surface area (Å²) < 4.78 is 10.9. The average molecular weight is 332 g/mol. The second kappa shape index (κ2) is 6.61. The zero-order valence-electron chi connectivity index (χ0n) is 13.7. The molecule has 2 fully saturated rings. The van der Waals surface area contributed by atoms with Gasteiger partial charge in [0.2, 0.25) is 6.79 Å². The van der Waals surface area contributed by atoms with Gasteiger partial charge in [-0.05, 0) is 37.7 Å². The number of carbonyl (C=O) groups is 1. The zero-order chi connectivity index (χ0) is 16.5. The summed E-state index contributed by atoms with van der Waals surface area (Å²) in [5.41, 5.74) is 1.12. The minimum absolute atomic E-state index is 0.172. The number of carboxylic acid groups (broad SMARTS) is 1. The number of carboxylic acids is 1. The van der Waals surface area contributed by atoms with Crippen LogP contribution in [-0.4, -0.2) is 47.9 Å². The molecule has 0 aromatic heterocycles. The standard InChI is InChI=1S/C18H24N2O4/c21-17(22)10-20(9-12-4-5-12)15-6-14(7-15)19-8-13-2-1-3-16-18(13)24-11-23-16/h1-3,12,14-15,19H,4-11H2,(H,21,22). The Kier molecular flexibility index (Phi) is 4.33. The zero-order valence-corrected chi connectivity index (χ0v) is 13.7. The van der Waals surface area contributed by atoms with Gasteiger partial charge in [0.25, 0.3) is 0 Å². The minimum Gasteiger partial charge on any atom is -0.480 e. The number of para-hydroxylation sites is 1. The number of aliphatic carboxylic acids is 1. The molecule has 1 aromatic rings.